The van der Waals surface area contributed by atoms with Crippen molar-refractivity contribution < 1.29 is 0 Å². The first kappa shape index (κ1) is 13.3. The number of nitrogens with one attached hydrogen (secondary N) is 1. The third kappa shape index (κ3) is 3.98. The van der Waals surface area contributed by atoms with Gasteiger partial charge < -0.3 is 5.32 Å². The monoisotopic (exact) mass is 281 g/mol. The minimum Gasteiger partial charge on any atom is -0.383 e. The van der Waals surface area contributed by atoms with Gasteiger partial charge in [-0.25, -0.2) is 4.98 Å². The predicted octanol–water partition coefficient (Wildman–Crippen LogP) is 3.34. The molecule has 0 amide bonds. The Morgan fingerprint density at radius 2 is 2.22 bits per heavy atom. The number of aromatic nitrogens is 1. The average Bonchev–Trinajstić information content (AvgIpc) is 2.84. The smallest absolute Gasteiger partial charge is 0.0795 e. The zero-order valence-corrected chi connectivity index (χ0v) is 11.8. The lowest BCUT2D eigenvalue weighted by Crippen LogP contribution is -2.24. The Morgan fingerprint density at radius 1 is 1.39 bits per heavy atom. The lowest BCUT2D eigenvalue weighted by molar-refractivity contribution is 0.336. The fraction of sp³-hybridized carbons (Fsp3) is 0.308. The van der Waals surface area contributed by atoms with E-state index in [4.69, 9.17) is 11.6 Å². The van der Waals surface area contributed by atoms with Crippen LogP contribution in [-0.4, -0.2) is 30.0 Å². The van der Waals surface area contributed by atoms with Crippen LogP contribution < -0.4 is 5.32 Å². The highest BCUT2D eigenvalue weighted by Gasteiger charge is 2.02. The number of rotatable bonds is 6. The third-order valence-electron chi connectivity index (χ3n) is 2.60. The first-order valence-electron chi connectivity index (χ1n) is 5.79. The number of nitrogens with zero attached hydrogens (tertiary/aromatic N) is 2. The number of likely N-dealkylation sites (N-methyl/N-ethyl adjacent to an activating group) is 1. The fourth-order valence-electron chi connectivity index (χ4n) is 1.66. The summed E-state index contributed by atoms with van der Waals surface area (Å²) >= 11 is 7.70. The van der Waals surface area contributed by atoms with Crippen molar-refractivity contribution in [3.05, 3.63) is 45.9 Å². The Bertz CT molecular complexity index is 473. The van der Waals surface area contributed by atoms with Crippen LogP contribution in [0.4, 0.5) is 5.69 Å². The molecule has 0 aliphatic heterocycles. The van der Waals surface area contributed by atoms with Gasteiger partial charge >= 0.3 is 0 Å². The number of hydrogen-bond donors (Lipinski definition) is 1. The van der Waals surface area contributed by atoms with E-state index in [1.807, 2.05) is 29.8 Å². The molecule has 1 aromatic carbocycles. The molecule has 1 heterocycles. The summed E-state index contributed by atoms with van der Waals surface area (Å²) in [4.78, 5) is 6.51. The number of para-hydroxylation sites is 1. The van der Waals surface area contributed by atoms with Crippen molar-refractivity contribution in [2.45, 2.75) is 6.54 Å². The molecule has 0 unspecified atom stereocenters. The van der Waals surface area contributed by atoms with E-state index in [0.717, 1.165) is 36.0 Å². The van der Waals surface area contributed by atoms with Crippen LogP contribution in [0.3, 0.4) is 0 Å². The summed E-state index contributed by atoms with van der Waals surface area (Å²) in [7, 11) is 2.09. The molecule has 5 heteroatoms. The fourth-order valence-corrected chi connectivity index (χ4v) is 2.41. The van der Waals surface area contributed by atoms with Crippen molar-refractivity contribution >= 4 is 28.6 Å². The first-order chi connectivity index (χ1) is 8.75. The summed E-state index contributed by atoms with van der Waals surface area (Å²) < 4.78 is 0. The Hall–Kier alpha value is -1.10. The predicted molar refractivity (Wildman–Crippen MR) is 78.4 cm³/mol. The molecule has 2 rings (SSSR count). The van der Waals surface area contributed by atoms with Crippen LogP contribution in [0.5, 0.6) is 0 Å². The lowest BCUT2D eigenvalue weighted by Gasteiger charge is -2.16. The summed E-state index contributed by atoms with van der Waals surface area (Å²) in [5.74, 6) is 0. The third-order valence-corrected chi connectivity index (χ3v) is 3.56. The van der Waals surface area contributed by atoms with Crippen molar-refractivity contribution in [2.24, 2.45) is 0 Å². The number of benzene rings is 1. The summed E-state index contributed by atoms with van der Waals surface area (Å²) in [5, 5.41) is 6.18. The van der Waals surface area contributed by atoms with Gasteiger partial charge in [0.05, 0.1) is 21.9 Å². The molecular formula is C13H16ClN3S. The topological polar surface area (TPSA) is 28.2 Å². The van der Waals surface area contributed by atoms with Crippen LogP contribution in [0, 0.1) is 0 Å². The minimum atomic E-state index is 0.764. The van der Waals surface area contributed by atoms with Gasteiger partial charge in [0.2, 0.25) is 0 Å². The number of halogens is 1. The summed E-state index contributed by atoms with van der Waals surface area (Å²) in [6.45, 7) is 2.70. The molecule has 0 saturated carbocycles. The minimum absolute atomic E-state index is 0.764. The number of hydrogen-bond acceptors (Lipinski definition) is 4. The van der Waals surface area contributed by atoms with E-state index in [0.29, 0.717) is 0 Å². The van der Waals surface area contributed by atoms with E-state index in [9.17, 15) is 0 Å². The molecule has 0 atom stereocenters. The highest BCUT2D eigenvalue weighted by molar-refractivity contribution is 7.07. The van der Waals surface area contributed by atoms with Crippen LogP contribution in [0.1, 0.15) is 5.69 Å². The average molecular weight is 282 g/mol. The van der Waals surface area contributed by atoms with E-state index in [1.54, 1.807) is 11.3 Å². The van der Waals surface area contributed by atoms with E-state index in [1.165, 1.54) is 0 Å². The van der Waals surface area contributed by atoms with Gasteiger partial charge in [-0.2, -0.15) is 0 Å². The molecule has 1 N–H and O–H groups in total. The number of thiazole rings is 1. The van der Waals surface area contributed by atoms with Gasteiger partial charge in [-0.3, -0.25) is 4.90 Å². The van der Waals surface area contributed by atoms with Gasteiger partial charge in [-0.15, -0.1) is 11.3 Å². The van der Waals surface area contributed by atoms with Crippen molar-refractivity contribution in [3.63, 3.8) is 0 Å². The Labute approximate surface area is 116 Å². The maximum absolute atomic E-state index is 6.07. The molecule has 0 radical (unpaired) electrons. The summed E-state index contributed by atoms with van der Waals surface area (Å²) in [6.07, 6.45) is 0. The van der Waals surface area contributed by atoms with E-state index < -0.39 is 0 Å². The Morgan fingerprint density at radius 3 is 2.94 bits per heavy atom. The van der Waals surface area contributed by atoms with Crippen LogP contribution >= 0.6 is 22.9 Å². The second-order valence-electron chi connectivity index (χ2n) is 4.12. The molecule has 0 bridgehead atoms. The lowest BCUT2D eigenvalue weighted by atomic mass is 10.3. The van der Waals surface area contributed by atoms with Gasteiger partial charge in [0.25, 0.3) is 0 Å². The molecule has 0 aliphatic rings. The zero-order chi connectivity index (χ0) is 12.8. The SMILES string of the molecule is CN(CCNc1ccccc1Cl)Cc1cscn1. The first-order valence-corrected chi connectivity index (χ1v) is 7.12. The summed E-state index contributed by atoms with van der Waals surface area (Å²) in [6, 6.07) is 7.79. The van der Waals surface area contributed by atoms with Crippen molar-refractivity contribution in [3.8, 4) is 0 Å². The van der Waals surface area contributed by atoms with E-state index in [2.05, 4.69) is 27.6 Å². The van der Waals surface area contributed by atoms with Crippen LogP contribution in [0.2, 0.25) is 5.02 Å². The van der Waals surface area contributed by atoms with Gasteiger partial charge in [-0.1, -0.05) is 23.7 Å². The van der Waals surface area contributed by atoms with E-state index in [-0.39, 0.29) is 0 Å². The van der Waals surface area contributed by atoms with Gasteiger partial charge in [0.1, 0.15) is 0 Å². The molecule has 0 saturated heterocycles. The van der Waals surface area contributed by atoms with Crippen LogP contribution in [0.15, 0.2) is 35.2 Å². The van der Waals surface area contributed by atoms with Gasteiger partial charge in [-0.05, 0) is 19.2 Å². The second-order valence-corrected chi connectivity index (χ2v) is 5.25. The Kier molecular flexibility index (Phi) is 4.99. The molecule has 0 fully saturated rings. The molecular weight excluding hydrogens is 266 g/mol. The maximum atomic E-state index is 6.07. The normalized spacial score (nSPS) is 10.8. The van der Waals surface area contributed by atoms with Gasteiger partial charge in [0.15, 0.2) is 0 Å². The highest BCUT2D eigenvalue weighted by Crippen LogP contribution is 2.19. The van der Waals surface area contributed by atoms with Crippen LogP contribution in [-0.2, 0) is 6.54 Å². The van der Waals surface area contributed by atoms with Crippen LogP contribution in [0.25, 0.3) is 0 Å². The molecule has 96 valence electrons. The summed E-state index contributed by atoms with van der Waals surface area (Å²) in [5.41, 5.74) is 3.98. The quantitative estimate of drug-likeness (QED) is 0.880. The van der Waals surface area contributed by atoms with E-state index >= 15 is 0 Å². The standard InChI is InChI=1S/C13H16ClN3S/c1-17(8-11-9-18-10-16-11)7-6-15-13-5-3-2-4-12(13)14/h2-5,9-10,15H,6-8H2,1H3. The molecule has 0 spiro atoms. The van der Waals surface area contributed by atoms with Crippen molar-refractivity contribution in [2.75, 3.05) is 25.5 Å². The highest BCUT2D eigenvalue weighted by atomic mass is 35.5. The van der Waals surface area contributed by atoms with Crippen molar-refractivity contribution in [1.29, 1.82) is 0 Å². The van der Waals surface area contributed by atoms with Gasteiger partial charge in [0, 0.05) is 25.0 Å². The molecule has 1 aromatic heterocycles. The Balaban J connectivity index is 1.74. The number of anilines is 1. The molecule has 0 aliphatic carbocycles. The zero-order valence-electron chi connectivity index (χ0n) is 10.3. The largest absolute Gasteiger partial charge is 0.383 e. The molecule has 2 aromatic rings. The molecule has 18 heavy (non-hydrogen) atoms. The molecule has 3 nitrogen and oxygen atoms in total. The maximum Gasteiger partial charge on any atom is 0.0795 e. The second kappa shape index (κ2) is 6.73. The van der Waals surface area contributed by atoms with Crippen molar-refractivity contribution in [1.82, 2.24) is 9.88 Å².